The lowest BCUT2D eigenvalue weighted by molar-refractivity contribution is 0.271. The Bertz CT molecular complexity index is 594. The van der Waals surface area contributed by atoms with E-state index in [0.29, 0.717) is 12.6 Å². The number of ether oxygens (including phenoxy) is 1. The van der Waals surface area contributed by atoms with Crippen LogP contribution in [0.4, 0.5) is 0 Å². The molecular weight excluding hydrogens is 304 g/mol. The number of rotatable bonds is 3. The molecule has 1 aliphatic rings. The third kappa shape index (κ3) is 2.60. The molecule has 1 saturated heterocycles. The van der Waals surface area contributed by atoms with Gasteiger partial charge < -0.3 is 10.1 Å². The highest BCUT2D eigenvalue weighted by Gasteiger charge is 2.16. The summed E-state index contributed by atoms with van der Waals surface area (Å²) in [5.41, 5.74) is 1.20. The molecule has 3 rings (SSSR count). The van der Waals surface area contributed by atoms with Gasteiger partial charge in [-0.3, -0.25) is 0 Å². The van der Waals surface area contributed by atoms with E-state index < -0.39 is 0 Å². The van der Waals surface area contributed by atoms with Crippen LogP contribution in [0.25, 0.3) is 10.8 Å². The largest absolute Gasteiger partial charge is 0.476 e. The molecule has 1 unspecified atom stereocenters. The molecule has 100 valence electrons. The van der Waals surface area contributed by atoms with Gasteiger partial charge in [0, 0.05) is 27.5 Å². The molecule has 1 aliphatic heterocycles. The minimum Gasteiger partial charge on any atom is -0.476 e. The average Bonchev–Trinajstić information content (AvgIpc) is 2.92. The molecule has 0 saturated carbocycles. The third-order valence-corrected chi connectivity index (χ3v) is 4.25. The first-order valence-electron chi connectivity index (χ1n) is 6.66. The van der Waals surface area contributed by atoms with E-state index >= 15 is 0 Å². The van der Waals surface area contributed by atoms with E-state index in [0.717, 1.165) is 27.7 Å². The Morgan fingerprint density at radius 2 is 2.37 bits per heavy atom. The summed E-state index contributed by atoms with van der Waals surface area (Å²) in [7, 11) is 0. The number of nitrogens with one attached hydrogen (secondary N) is 1. The second-order valence-corrected chi connectivity index (χ2v) is 5.87. The first-order valence-corrected chi connectivity index (χ1v) is 7.45. The van der Waals surface area contributed by atoms with E-state index in [1.54, 1.807) is 0 Å². The van der Waals surface area contributed by atoms with Crippen LogP contribution in [0, 0.1) is 6.92 Å². The number of halogens is 1. The first kappa shape index (κ1) is 12.9. The van der Waals surface area contributed by atoms with Crippen molar-refractivity contribution in [1.29, 1.82) is 0 Å². The van der Waals surface area contributed by atoms with Crippen molar-refractivity contribution >= 4 is 26.7 Å². The Hall–Kier alpha value is -1.13. The smallest absolute Gasteiger partial charge is 0.221 e. The molecular formula is C15H17BrN2O. The summed E-state index contributed by atoms with van der Waals surface area (Å²) in [5, 5.41) is 5.70. The number of benzene rings is 1. The van der Waals surface area contributed by atoms with E-state index in [4.69, 9.17) is 4.74 Å². The monoisotopic (exact) mass is 320 g/mol. The number of aromatic nitrogens is 1. The molecule has 1 aromatic carbocycles. The summed E-state index contributed by atoms with van der Waals surface area (Å²) >= 11 is 3.55. The van der Waals surface area contributed by atoms with Gasteiger partial charge in [-0.1, -0.05) is 18.2 Å². The van der Waals surface area contributed by atoms with Gasteiger partial charge in [0.15, 0.2) is 0 Å². The lowest BCUT2D eigenvalue weighted by Gasteiger charge is -2.14. The van der Waals surface area contributed by atoms with Crippen molar-refractivity contribution in [1.82, 2.24) is 10.3 Å². The second kappa shape index (κ2) is 5.47. The minimum absolute atomic E-state index is 0.463. The maximum atomic E-state index is 5.94. The third-order valence-electron chi connectivity index (χ3n) is 3.62. The van der Waals surface area contributed by atoms with Crippen molar-refractivity contribution < 1.29 is 4.74 Å². The summed E-state index contributed by atoms with van der Waals surface area (Å²) in [6.07, 6.45) is 4.24. The van der Waals surface area contributed by atoms with Gasteiger partial charge in [0.1, 0.15) is 6.61 Å². The molecule has 2 heterocycles. The number of fused-ring (bicyclic) bond motifs is 1. The van der Waals surface area contributed by atoms with Gasteiger partial charge in [-0.05, 0) is 47.8 Å². The van der Waals surface area contributed by atoms with E-state index in [1.807, 2.05) is 6.20 Å². The fraction of sp³-hybridized carbons (Fsp3) is 0.400. The molecule has 4 heteroatoms. The summed E-state index contributed by atoms with van der Waals surface area (Å²) < 4.78 is 6.96. The lowest BCUT2D eigenvalue weighted by atomic mass is 10.1. The van der Waals surface area contributed by atoms with Crippen LogP contribution in [0.3, 0.4) is 0 Å². The Morgan fingerprint density at radius 1 is 1.47 bits per heavy atom. The fourth-order valence-electron chi connectivity index (χ4n) is 2.59. The van der Waals surface area contributed by atoms with Crippen LogP contribution in [0.2, 0.25) is 0 Å². The van der Waals surface area contributed by atoms with Crippen molar-refractivity contribution in [2.24, 2.45) is 0 Å². The molecule has 0 spiro atoms. The van der Waals surface area contributed by atoms with Crippen LogP contribution < -0.4 is 10.1 Å². The van der Waals surface area contributed by atoms with Crippen LogP contribution in [-0.4, -0.2) is 24.2 Å². The molecule has 1 N–H and O–H groups in total. The van der Waals surface area contributed by atoms with Gasteiger partial charge in [-0.2, -0.15) is 0 Å². The van der Waals surface area contributed by atoms with Gasteiger partial charge >= 0.3 is 0 Å². The standard InChI is InChI=1S/C15H17BrN2O/c1-10-4-2-6-12-13(16)8-18-15(14(10)12)19-9-11-5-3-7-17-11/h2,4,6,8,11,17H,3,5,7,9H2,1H3. The second-order valence-electron chi connectivity index (χ2n) is 5.01. The van der Waals surface area contributed by atoms with Crippen molar-refractivity contribution in [2.45, 2.75) is 25.8 Å². The minimum atomic E-state index is 0.463. The van der Waals surface area contributed by atoms with Crippen LogP contribution in [0.15, 0.2) is 28.9 Å². The molecule has 19 heavy (non-hydrogen) atoms. The molecule has 0 bridgehead atoms. The molecule has 3 nitrogen and oxygen atoms in total. The molecule has 0 aliphatic carbocycles. The van der Waals surface area contributed by atoms with Crippen LogP contribution in [0.1, 0.15) is 18.4 Å². The van der Waals surface area contributed by atoms with E-state index in [-0.39, 0.29) is 0 Å². The quantitative estimate of drug-likeness (QED) is 0.940. The van der Waals surface area contributed by atoms with E-state index in [2.05, 4.69) is 51.4 Å². The highest BCUT2D eigenvalue weighted by molar-refractivity contribution is 9.10. The van der Waals surface area contributed by atoms with Crippen LogP contribution in [-0.2, 0) is 0 Å². The summed E-state index contributed by atoms with van der Waals surface area (Å²) in [4.78, 5) is 4.43. The fourth-order valence-corrected chi connectivity index (χ4v) is 3.02. The molecule has 1 atom stereocenters. The van der Waals surface area contributed by atoms with E-state index in [9.17, 15) is 0 Å². The zero-order chi connectivity index (χ0) is 13.2. The van der Waals surface area contributed by atoms with Gasteiger partial charge in [0.2, 0.25) is 5.88 Å². The van der Waals surface area contributed by atoms with Crippen molar-refractivity contribution in [2.75, 3.05) is 13.2 Å². The van der Waals surface area contributed by atoms with E-state index in [1.165, 1.54) is 18.4 Å². The number of aryl methyl sites for hydroxylation is 1. The predicted molar refractivity (Wildman–Crippen MR) is 80.7 cm³/mol. The van der Waals surface area contributed by atoms with Gasteiger partial charge in [-0.25, -0.2) is 4.98 Å². The maximum absolute atomic E-state index is 5.94. The molecule has 0 amide bonds. The summed E-state index contributed by atoms with van der Waals surface area (Å²) in [6, 6.07) is 6.71. The Labute approximate surface area is 121 Å². The lowest BCUT2D eigenvalue weighted by Crippen LogP contribution is -2.28. The zero-order valence-electron chi connectivity index (χ0n) is 10.9. The topological polar surface area (TPSA) is 34.1 Å². The molecule has 2 aromatic rings. The average molecular weight is 321 g/mol. The van der Waals surface area contributed by atoms with Crippen molar-refractivity contribution in [3.05, 3.63) is 34.4 Å². The number of hydrogen-bond acceptors (Lipinski definition) is 3. The van der Waals surface area contributed by atoms with Gasteiger partial charge in [-0.15, -0.1) is 0 Å². The summed E-state index contributed by atoms with van der Waals surface area (Å²) in [5.74, 6) is 0.741. The Morgan fingerprint density at radius 3 is 3.16 bits per heavy atom. The Kier molecular flexibility index (Phi) is 3.71. The first-order chi connectivity index (χ1) is 9.25. The molecule has 1 aromatic heterocycles. The van der Waals surface area contributed by atoms with Gasteiger partial charge in [0.05, 0.1) is 0 Å². The summed E-state index contributed by atoms with van der Waals surface area (Å²) in [6.45, 7) is 3.89. The highest BCUT2D eigenvalue weighted by Crippen LogP contribution is 2.32. The number of hydrogen-bond donors (Lipinski definition) is 1. The van der Waals surface area contributed by atoms with Gasteiger partial charge in [0.25, 0.3) is 0 Å². The van der Waals surface area contributed by atoms with Crippen molar-refractivity contribution in [3.63, 3.8) is 0 Å². The number of nitrogens with zero attached hydrogens (tertiary/aromatic N) is 1. The van der Waals surface area contributed by atoms with Crippen LogP contribution in [0.5, 0.6) is 5.88 Å². The Balaban J connectivity index is 1.92. The molecule has 1 fully saturated rings. The van der Waals surface area contributed by atoms with Crippen LogP contribution >= 0.6 is 15.9 Å². The predicted octanol–water partition coefficient (Wildman–Crippen LogP) is 3.44. The zero-order valence-corrected chi connectivity index (χ0v) is 12.5. The normalized spacial score (nSPS) is 18.9. The van der Waals surface area contributed by atoms with Crippen molar-refractivity contribution in [3.8, 4) is 5.88 Å². The highest BCUT2D eigenvalue weighted by atomic mass is 79.9. The molecule has 0 radical (unpaired) electrons. The SMILES string of the molecule is Cc1cccc2c(Br)cnc(OCC3CCCN3)c12. The maximum Gasteiger partial charge on any atom is 0.221 e. The number of pyridine rings is 1.